The zero-order chi connectivity index (χ0) is 8.43. The van der Waals surface area contributed by atoms with Crippen LogP contribution in [0.5, 0.6) is 11.5 Å². The molecule has 0 spiro atoms. The summed E-state index contributed by atoms with van der Waals surface area (Å²) >= 11 is 4.24. The molecular formula is C7H6I2O2. The van der Waals surface area contributed by atoms with E-state index in [-0.39, 0.29) is 5.75 Å². The molecule has 0 unspecified atom stereocenters. The van der Waals surface area contributed by atoms with Crippen LogP contribution >= 0.6 is 45.2 Å². The fraction of sp³-hybridized carbons (Fsp3) is 0.143. The van der Waals surface area contributed by atoms with Gasteiger partial charge in [0, 0.05) is 0 Å². The lowest BCUT2D eigenvalue weighted by atomic mass is 10.3. The Bertz CT molecular complexity index is 250. The van der Waals surface area contributed by atoms with Crippen LogP contribution in [0, 0.1) is 7.14 Å². The van der Waals surface area contributed by atoms with E-state index < -0.39 is 0 Å². The van der Waals surface area contributed by atoms with E-state index in [1.807, 2.05) is 0 Å². The Morgan fingerprint density at radius 2 is 1.73 bits per heavy atom. The van der Waals surface area contributed by atoms with Crippen molar-refractivity contribution in [3.05, 3.63) is 19.3 Å². The van der Waals surface area contributed by atoms with Gasteiger partial charge in [0.2, 0.25) is 0 Å². The average Bonchev–Trinajstić information content (AvgIpc) is 1.85. The summed E-state index contributed by atoms with van der Waals surface area (Å²) in [6, 6.07) is 3.34. The number of methoxy groups -OCH3 is 1. The van der Waals surface area contributed by atoms with Gasteiger partial charge in [0.05, 0.1) is 14.3 Å². The molecule has 1 aromatic rings. The molecule has 11 heavy (non-hydrogen) atoms. The van der Waals surface area contributed by atoms with Crippen molar-refractivity contribution in [3.63, 3.8) is 0 Å². The van der Waals surface area contributed by atoms with Gasteiger partial charge in [0.25, 0.3) is 0 Å². The first-order chi connectivity index (χ1) is 5.15. The van der Waals surface area contributed by atoms with Crippen molar-refractivity contribution in [2.24, 2.45) is 0 Å². The van der Waals surface area contributed by atoms with Gasteiger partial charge in [-0.1, -0.05) is 0 Å². The maximum absolute atomic E-state index is 9.15. The Hall–Kier alpha value is 0.280. The normalized spacial score (nSPS) is 9.73. The second-order valence-corrected chi connectivity index (χ2v) is 4.27. The van der Waals surface area contributed by atoms with E-state index in [9.17, 15) is 0 Å². The SMILES string of the molecule is COc1c(I)cc(O)cc1I. The lowest BCUT2D eigenvalue weighted by Gasteiger charge is -2.05. The summed E-state index contributed by atoms with van der Waals surface area (Å²) in [5.41, 5.74) is 0. The minimum atomic E-state index is 0.277. The van der Waals surface area contributed by atoms with Crippen molar-refractivity contribution in [3.8, 4) is 11.5 Å². The molecule has 1 rings (SSSR count). The van der Waals surface area contributed by atoms with Crippen LogP contribution in [0.4, 0.5) is 0 Å². The first-order valence-electron chi connectivity index (χ1n) is 2.87. The molecule has 4 heteroatoms. The van der Waals surface area contributed by atoms with Gasteiger partial charge in [-0.05, 0) is 57.3 Å². The minimum Gasteiger partial charge on any atom is -0.508 e. The van der Waals surface area contributed by atoms with Gasteiger partial charge >= 0.3 is 0 Å². The molecule has 60 valence electrons. The van der Waals surface area contributed by atoms with E-state index in [0.717, 1.165) is 12.9 Å². The van der Waals surface area contributed by atoms with Crippen LogP contribution in [0.2, 0.25) is 0 Å². The van der Waals surface area contributed by atoms with Crippen LogP contribution in [0.3, 0.4) is 0 Å². The highest BCUT2D eigenvalue weighted by Gasteiger charge is 2.05. The zero-order valence-electron chi connectivity index (χ0n) is 5.77. The van der Waals surface area contributed by atoms with E-state index in [0.29, 0.717) is 0 Å². The summed E-state index contributed by atoms with van der Waals surface area (Å²) in [6.07, 6.45) is 0. The molecule has 0 radical (unpaired) electrons. The van der Waals surface area contributed by atoms with Gasteiger partial charge < -0.3 is 9.84 Å². The first kappa shape index (κ1) is 9.37. The highest BCUT2D eigenvalue weighted by molar-refractivity contribution is 14.1. The summed E-state index contributed by atoms with van der Waals surface area (Å²) < 4.78 is 6.96. The van der Waals surface area contributed by atoms with Gasteiger partial charge in [-0.25, -0.2) is 0 Å². The maximum Gasteiger partial charge on any atom is 0.145 e. The predicted octanol–water partition coefficient (Wildman–Crippen LogP) is 2.61. The molecule has 2 nitrogen and oxygen atoms in total. The van der Waals surface area contributed by atoms with E-state index in [1.165, 1.54) is 0 Å². The van der Waals surface area contributed by atoms with Gasteiger partial charge in [-0.2, -0.15) is 0 Å². The summed E-state index contributed by atoms with van der Waals surface area (Å²) in [5, 5.41) is 9.15. The smallest absolute Gasteiger partial charge is 0.145 e. The Balaban J connectivity index is 3.25. The molecule has 1 aromatic carbocycles. The number of phenolic OH excluding ortho intramolecular Hbond substituents is 1. The topological polar surface area (TPSA) is 29.5 Å². The number of hydrogen-bond donors (Lipinski definition) is 1. The molecule has 0 amide bonds. The predicted molar refractivity (Wildman–Crippen MR) is 60.1 cm³/mol. The van der Waals surface area contributed by atoms with Gasteiger partial charge in [-0.15, -0.1) is 0 Å². The van der Waals surface area contributed by atoms with Crippen LogP contribution in [-0.4, -0.2) is 12.2 Å². The van der Waals surface area contributed by atoms with Crippen LogP contribution in [0.1, 0.15) is 0 Å². The molecule has 0 heterocycles. The number of ether oxygens (including phenoxy) is 1. The molecule has 0 saturated heterocycles. The second-order valence-electron chi connectivity index (χ2n) is 1.94. The molecule has 0 fully saturated rings. The quantitative estimate of drug-likeness (QED) is 0.764. The van der Waals surface area contributed by atoms with Crippen molar-refractivity contribution in [2.45, 2.75) is 0 Å². The standard InChI is InChI=1S/C7H6I2O2/c1-11-7-5(8)2-4(10)3-6(7)9/h2-3,10H,1H3. The third kappa shape index (κ3) is 2.11. The molecule has 0 atom stereocenters. The molecule has 1 N–H and O–H groups in total. The Morgan fingerprint density at radius 3 is 2.09 bits per heavy atom. The van der Waals surface area contributed by atoms with Crippen LogP contribution in [0.25, 0.3) is 0 Å². The Morgan fingerprint density at radius 1 is 1.27 bits per heavy atom. The summed E-state index contributed by atoms with van der Waals surface area (Å²) in [6.45, 7) is 0. The molecule has 0 aliphatic rings. The molecule has 0 aliphatic heterocycles. The van der Waals surface area contributed by atoms with Crippen molar-refractivity contribution in [1.29, 1.82) is 0 Å². The monoisotopic (exact) mass is 376 g/mol. The third-order valence-electron chi connectivity index (χ3n) is 1.19. The van der Waals surface area contributed by atoms with Crippen LogP contribution < -0.4 is 4.74 Å². The lowest BCUT2D eigenvalue weighted by Crippen LogP contribution is -1.89. The maximum atomic E-state index is 9.15. The second kappa shape index (κ2) is 3.79. The number of phenols is 1. The highest BCUT2D eigenvalue weighted by Crippen LogP contribution is 2.30. The number of aromatic hydroxyl groups is 1. The van der Waals surface area contributed by atoms with Crippen molar-refractivity contribution in [2.75, 3.05) is 7.11 Å². The third-order valence-corrected chi connectivity index (χ3v) is 2.79. The number of halogens is 2. The van der Waals surface area contributed by atoms with Crippen LogP contribution in [-0.2, 0) is 0 Å². The zero-order valence-corrected chi connectivity index (χ0v) is 10.1. The lowest BCUT2D eigenvalue weighted by molar-refractivity contribution is 0.406. The molecular weight excluding hydrogens is 370 g/mol. The molecule has 0 aromatic heterocycles. The van der Waals surface area contributed by atoms with Gasteiger partial charge in [0.15, 0.2) is 0 Å². The van der Waals surface area contributed by atoms with E-state index in [1.54, 1.807) is 19.2 Å². The van der Waals surface area contributed by atoms with Gasteiger partial charge in [-0.3, -0.25) is 0 Å². The van der Waals surface area contributed by atoms with Crippen molar-refractivity contribution >= 4 is 45.2 Å². The van der Waals surface area contributed by atoms with E-state index in [2.05, 4.69) is 45.2 Å². The number of benzene rings is 1. The molecule has 0 aliphatic carbocycles. The Labute approximate surface area is 92.2 Å². The number of rotatable bonds is 1. The number of hydrogen-bond acceptors (Lipinski definition) is 2. The average molecular weight is 376 g/mol. The largest absolute Gasteiger partial charge is 0.508 e. The van der Waals surface area contributed by atoms with Gasteiger partial charge in [0.1, 0.15) is 11.5 Å². The van der Waals surface area contributed by atoms with Crippen molar-refractivity contribution < 1.29 is 9.84 Å². The molecule has 0 bridgehead atoms. The summed E-state index contributed by atoms with van der Waals surface area (Å²) in [4.78, 5) is 0. The fourth-order valence-electron chi connectivity index (χ4n) is 0.742. The van der Waals surface area contributed by atoms with Crippen LogP contribution in [0.15, 0.2) is 12.1 Å². The highest BCUT2D eigenvalue weighted by atomic mass is 127. The van der Waals surface area contributed by atoms with Crippen molar-refractivity contribution in [1.82, 2.24) is 0 Å². The summed E-state index contributed by atoms with van der Waals surface area (Å²) in [5.74, 6) is 1.10. The van der Waals surface area contributed by atoms with E-state index in [4.69, 9.17) is 9.84 Å². The summed E-state index contributed by atoms with van der Waals surface area (Å²) in [7, 11) is 1.62. The first-order valence-corrected chi connectivity index (χ1v) is 5.03. The minimum absolute atomic E-state index is 0.277. The Kier molecular flexibility index (Phi) is 3.23. The molecule has 0 saturated carbocycles. The fourth-order valence-corrected chi connectivity index (χ4v) is 2.92. The van der Waals surface area contributed by atoms with E-state index >= 15 is 0 Å².